The number of rotatable bonds is 6. The molecule has 1 N–H and O–H groups in total. The van der Waals surface area contributed by atoms with E-state index in [0.717, 1.165) is 0 Å². The van der Waals surface area contributed by atoms with Gasteiger partial charge in [-0.25, -0.2) is 4.39 Å². The number of carboxylic acid groups (broad SMARTS) is 1. The molecular weight excluding hydrogens is 343 g/mol. The fourth-order valence-corrected chi connectivity index (χ4v) is 2.98. The van der Waals surface area contributed by atoms with Gasteiger partial charge in [-0.2, -0.15) is 0 Å². The number of amides is 2. The first kappa shape index (κ1) is 19.7. The van der Waals surface area contributed by atoms with Gasteiger partial charge in [0.25, 0.3) is 0 Å². The number of hydrogen-bond donors (Lipinski definition) is 1. The van der Waals surface area contributed by atoms with Crippen molar-refractivity contribution in [1.29, 1.82) is 0 Å². The Morgan fingerprint density at radius 1 is 1.38 bits per heavy atom. The number of halogens is 1. The van der Waals surface area contributed by atoms with E-state index >= 15 is 0 Å². The molecule has 2 amide bonds. The van der Waals surface area contributed by atoms with Crippen LogP contribution in [0.15, 0.2) is 18.2 Å². The van der Waals surface area contributed by atoms with Gasteiger partial charge in [0.2, 0.25) is 11.8 Å². The number of ether oxygens (including phenoxy) is 1. The number of piperidine rings is 1. The van der Waals surface area contributed by atoms with Crippen LogP contribution in [-0.2, 0) is 20.8 Å². The van der Waals surface area contributed by atoms with Gasteiger partial charge in [-0.05, 0) is 31.0 Å². The Labute approximate surface area is 151 Å². The van der Waals surface area contributed by atoms with Crippen LogP contribution in [0.3, 0.4) is 0 Å². The molecule has 1 fully saturated rings. The highest BCUT2D eigenvalue weighted by molar-refractivity contribution is 5.86. The second-order valence-corrected chi connectivity index (χ2v) is 6.40. The molecule has 1 unspecified atom stereocenters. The Bertz CT molecular complexity index is 694. The highest BCUT2D eigenvalue weighted by Crippen LogP contribution is 2.21. The fraction of sp³-hybridized carbons (Fsp3) is 0.500. The van der Waals surface area contributed by atoms with Crippen molar-refractivity contribution < 1.29 is 28.6 Å². The minimum Gasteiger partial charge on any atom is -0.496 e. The monoisotopic (exact) mass is 366 g/mol. The summed E-state index contributed by atoms with van der Waals surface area (Å²) in [5.41, 5.74) is 0.403. The van der Waals surface area contributed by atoms with E-state index in [1.807, 2.05) is 0 Å². The number of methoxy groups -OCH3 is 1. The molecule has 1 aliphatic heterocycles. The summed E-state index contributed by atoms with van der Waals surface area (Å²) in [6.45, 7) is 0.499. The maximum atomic E-state index is 13.4. The average molecular weight is 366 g/mol. The number of hydrogen-bond acceptors (Lipinski definition) is 4. The van der Waals surface area contributed by atoms with E-state index in [0.29, 0.717) is 30.7 Å². The Kier molecular flexibility index (Phi) is 6.54. The highest BCUT2D eigenvalue weighted by atomic mass is 19.1. The average Bonchev–Trinajstić information content (AvgIpc) is 2.61. The standard InChI is InChI=1S/C18H23FN2O5/c1-20(11-17(23)21-7-3-4-12(10-21)18(24)25)16(22)9-13-8-14(19)5-6-15(13)26-2/h5-6,8,12H,3-4,7,9-11H2,1-2H3,(H,24,25). The van der Waals surface area contributed by atoms with Crippen LogP contribution >= 0.6 is 0 Å². The minimum atomic E-state index is -0.912. The van der Waals surface area contributed by atoms with Gasteiger partial charge in [-0.3, -0.25) is 14.4 Å². The van der Waals surface area contributed by atoms with Crippen LogP contribution in [0.25, 0.3) is 0 Å². The lowest BCUT2D eigenvalue weighted by atomic mass is 9.98. The van der Waals surface area contributed by atoms with Gasteiger partial charge in [0.15, 0.2) is 0 Å². The Balaban J connectivity index is 1.95. The van der Waals surface area contributed by atoms with E-state index in [1.165, 1.54) is 42.2 Å². The molecule has 1 aliphatic rings. The predicted octanol–water partition coefficient (Wildman–Crippen LogP) is 1.16. The maximum absolute atomic E-state index is 13.4. The number of likely N-dealkylation sites (N-methyl/N-ethyl adjacent to an activating group) is 1. The van der Waals surface area contributed by atoms with Gasteiger partial charge < -0.3 is 19.6 Å². The quantitative estimate of drug-likeness (QED) is 0.816. The molecule has 0 spiro atoms. The molecule has 0 bridgehead atoms. The normalized spacial score (nSPS) is 16.9. The molecule has 1 heterocycles. The zero-order valence-electron chi connectivity index (χ0n) is 14.9. The summed E-state index contributed by atoms with van der Waals surface area (Å²) >= 11 is 0. The van der Waals surface area contributed by atoms with Gasteiger partial charge in [0.1, 0.15) is 11.6 Å². The minimum absolute atomic E-state index is 0.0948. The lowest BCUT2D eigenvalue weighted by Gasteiger charge is -2.32. The summed E-state index contributed by atoms with van der Waals surface area (Å²) in [6, 6.07) is 3.92. The van der Waals surface area contributed by atoms with Gasteiger partial charge in [-0.1, -0.05) is 0 Å². The first-order valence-corrected chi connectivity index (χ1v) is 8.38. The number of carbonyl (C=O) groups excluding carboxylic acids is 2. The summed E-state index contributed by atoms with van der Waals surface area (Å²) in [5, 5.41) is 9.10. The fourth-order valence-electron chi connectivity index (χ4n) is 2.98. The van der Waals surface area contributed by atoms with Crippen LogP contribution in [0, 0.1) is 11.7 Å². The van der Waals surface area contributed by atoms with Crippen molar-refractivity contribution in [2.45, 2.75) is 19.3 Å². The summed E-state index contributed by atoms with van der Waals surface area (Å²) in [6.07, 6.45) is 1.08. The molecule has 1 aromatic rings. The molecule has 0 radical (unpaired) electrons. The van der Waals surface area contributed by atoms with Crippen LogP contribution in [-0.4, -0.2) is 66.5 Å². The number of benzene rings is 1. The molecule has 1 saturated heterocycles. The maximum Gasteiger partial charge on any atom is 0.308 e. The second-order valence-electron chi connectivity index (χ2n) is 6.40. The first-order valence-electron chi connectivity index (χ1n) is 8.38. The van der Waals surface area contributed by atoms with E-state index in [2.05, 4.69) is 0 Å². The molecule has 1 aromatic carbocycles. The topological polar surface area (TPSA) is 87.2 Å². The van der Waals surface area contributed by atoms with Crippen molar-refractivity contribution in [2.24, 2.45) is 5.92 Å². The van der Waals surface area contributed by atoms with Crippen molar-refractivity contribution in [2.75, 3.05) is 33.8 Å². The smallest absolute Gasteiger partial charge is 0.308 e. The zero-order chi connectivity index (χ0) is 19.3. The lowest BCUT2D eigenvalue weighted by molar-refractivity contribution is -0.147. The van der Waals surface area contributed by atoms with Crippen LogP contribution in [0.1, 0.15) is 18.4 Å². The summed E-state index contributed by atoms with van der Waals surface area (Å²) in [7, 11) is 2.92. The van der Waals surface area contributed by atoms with Crippen molar-refractivity contribution in [3.8, 4) is 5.75 Å². The number of carboxylic acids is 1. The number of carbonyl (C=O) groups is 3. The molecule has 7 nitrogen and oxygen atoms in total. The van der Waals surface area contributed by atoms with E-state index in [9.17, 15) is 18.8 Å². The van der Waals surface area contributed by atoms with Gasteiger partial charge in [0.05, 0.1) is 26.0 Å². The van der Waals surface area contributed by atoms with E-state index in [-0.39, 0.29) is 31.3 Å². The Hall–Kier alpha value is -2.64. The van der Waals surface area contributed by atoms with Crippen molar-refractivity contribution in [3.63, 3.8) is 0 Å². The van der Waals surface area contributed by atoms with Gasteiger partial charge in [0, 0.05) is 25.7 Å². The summed E-state index contributed by atoms with van der Waals surface area (Å²) < 4.78 is 18.5. The summed E-state index contributed by atoms with van der Waals surface area (Å²) in [4.78, 5) is 38.6. The molecule has 0 saturated carbocycles. The second kappa shape index (κ2) is 8.64. The van der Waals surface area contributed by atoms with Gasteiger partial charge >= 0.3 is 5.97 Å². The summed E-state index contributed by atoms with van der Waals surface area (Å²) in [5.74, 6) is -2.19. The zero-order valence-corrected chi connectivity index (χ0v) is 14.9. The number of nitrogens with zero attached hydrogens (tertiary/aromatic N) is 2. The van der Waals surface area contributed by atoms with E-state index in [1.54, 1.807) is 0 Å². The third kappa shape index (κ3) is 4.93. The van der Waals surface area contributed by atoms with Crippen LogP contribution in [0.4, 0.5) is 4.39 Å². The van der Waals surface area contributed by atoms with E-state index in [4.69, 9.17) is 9.84 Å². The van der Waals surface area contributed by atoms with Gasteiger partial charge in [-0.15, -0.1) is 0 Å². The molecule has 26 heavy (non-hydrogen) atoms. The third-order valence-electron chi connectivity index (χ3n) is 4.51. The largest absolute Gasteiger partial charge is 0.496 e. The molecule has 0 aliphatic carbocycles. The Morgan fingerprint density at radius 2 is 2.12 bits per heavy atom. The van der Waals surface area contributed by atoms with Crippen LogP contribution in [0.5, 0.6) is 5.75 Å². The predicted molar refractivity (Wildman–Crippen MR) is 91.2 cm³/mol. The molecule has 0 aromatic heterocycles. The molecule has 8 heteroatoms. The molecule has 1 atom stereocenters. The Morgan fingerprint density at radius 3 is 2.77 bits per heavy atom. The SMILES string of the molecule is COc1ccc(F)cc1CC(=O)N(C)CC(=O)N1CCCC(C(=O)O)C1. The molecule has 2 rings (SSSR count). The van der Waals surface area contributed by atoms with Crippen molar-refractivity contribution in [1.82, 2.24) is 9.80 Å². The van der Waals surface area contributed by atoms with Crippen LogP contribution in [0.2, 0.25) is 0 Å². The third-order valence-corrected chi connectivity index (χ3v) is 4.51. The van der Waals surface area contributed by atoms with Crippen LogP contribution < -0.4 is 4.74 Å². The lowest BCUT2D eigenvalue weighted by Crippen LogP contribution is -2.47. The first-order chi connectivity index (χ1) is 12.3. The van der Waals surface area contributed by atoms with E-state index < -0.39 is 17.7 Å². The molecule has 142 valence electrons. The van der Waals surface area contributed by atoms with Crippen molar-refractivity contribution in [3.05, 3.63) is 29.6 Å². The number of likely N-dealkylation sites (tertiary alicyclic amines) is 1. The van der Waals surface area contributed by atoms with Crippen molar-refractivity contribution >= 4 is 17.8 Å². The highest BCUT2D eigenvalue weighted by Gasteiger charge is 2.29. The molecular formula is C18H23FN2O5. The number of aliphatic carboxylic acids is 1.